The molecule has 164 valence electrons. The van der Waals surface area contributed by atoms with Gasteiger partial charge in [-0.25, -0.2) is 18.1 Å². The number of fused-ring (bicyclic) bond motifs is 1. The van der Waals surface area contributed by atoms with Crippen LogP contribution in [0.2, 0.25) is 0 Å². The van der Waals surface area contributed by atoms with E-state index >= 15 is 0 Å². The zero-order valence-corrected chi connectivity index (χ0v) is 18.6. The van der Waals surface area contributed by atoms with Crippen LogP contribution in [0.15, 0.2) is 77.7 Å². The number of anilines is 1. The molecule has 8 heteroatoms. The minimum atomic E-state index is -3.61. The minimum Gasteiger partial charge on any atom is -0.338 e. The van der Waals surface area contributed by atoms with E-state index in [-0.39, 0.29) is 16.8 Å². The number of aromatic nitrogens is 2. The first kappa shape index (κ1) is 21.7. The molecule has 7 nitrogen and oxygen atoms in total. The topological polar surface area (TPSA) is 104 Å². The smallest absolute Gasteiger partial charge is 0.255 e. The standard InChI is InChI=1S/C24H24N4O3S/c1-3-16(2)28-32(30,31)20-13-11-17(12-14-20)24(29)25-19-8-6-7-18(15-19)23-26-21-9-4-5-10-22(21)27-23/h4-16,28H,3H2,1-2H3,(H,25,29)(H,26,27). The van der Waals surface area contributed by atoms with Crippen LogP contribution in [0, 0.1) is 0 Å². The largest absolute Gasteiger partial charge is 0.338 e. The number of para-hydroxylation sites is 2. The van der Waals surface area contributed by atoms with Crippen LogP contribution >= 0.6 is 0 Å². The lowest BCUT2D eigenvalue weighted by molar-refractivity contribution is 0.102. The lowest BCUT2D eigenvalue weighted by Gasteiger charge is -2.12. The number of imidazole rings is 1. The second-order valence-electron chi connectivity index (χ2n) is 7.59. The monoisotopic (exact) mass is 448 g/mol. The fourth-order valence-electron chi connectivity index (χ4n) is 3.24. The SMILES string of the molecule is CCC(C)NS(=O)(=O)c1ccc(C(=O)Nc2cccc(-c3nc4ccccc4[nH]3)c2)cc1. The third kappa shape index (κ3) is 4.71. The fraction of sp³-hybridized carbons (Fsp3) is 0.167. The molecule has 1 amide bonds. The van der Waals surface area contributed by atoms with Gasteiger partial charge in [-0.1, -0.05) is 31.2 Å². The van der Waals surface area contributed by atoms with Crippen LogP contribution < -0.4 is 10.0 Å². The summed E-state index contributed by atoms with van der Waals surface area (Å²) >= 11 is 0. The molecule has 0 fully saturated rings. The average molecular weight is 449 g/mol. The summed E-state index contributed by atoms with van der Waals surface area (Å²) in [5, 5.41) is 2.86. The van der Waals surface area contributed by atoms with Gasteiger partial charge in [-0.3, -0.25) is 4.79 Å². The summed E-state index contributed by atoms with van der Waals surface area (Å²) in [6.45, 7) is 3.71. The van der Waals surface area contributed by atoms with Gasteiger partial charge >= 0.3 is 0 Å². The molecule has 0 aliphatic heterocycles. The van der Waals surface area contributed by atoms with E-state index in [1.165, 1.54) is 24.3 Å². The van der Waals surface area contributed by atoms with E-state index in [9.17, 15) is 13.2 Å². The van der Waals surface area contributed by atoms with Crippen molar-refractivity contribution in [1.82, 2.24) is 14.7 Å². The number of benzene rings is 3. The molecule has 0 spiro atoms. The first-order valence-electron chi connectivity index (χ1n) is 10.3. The summed E-state index contributed by atoms with van der Waals surface area (Å²) < 4.78 is 27.4. The Kier molecular flexibility index (Phi) is 6.07. The molecular formula is C24H24N4O3S. The van der Waals surface area contributed by atoms with Crippen molar-refractivity contribution in [2.75, 3.05) is 5.32 Å². The highest BCUT2D eigenvalue weighted by molar-refractivity contribution is 7.89. The maximum Gasteiger partial charge on any atom is 0.255 e. The van der Waals surface area contributed by atoms with E-state index in [0.29, 0.717) is 23.5 Å². The van der Waals surface area contributed by atoms with Gasteiger partial charge < -0.3 is 10.3 Å². The van der Waals surface area contributed by atoms with Gasteiger partial charge in [0.05, 0.1) is 15.9 Å². The molecule has 3 N–H and O–H groups in total. The van der Waals surface area contributed by atoms with Crippen LogP contribution in [0.5, 0.6) is 0 Å². The molecule has 0 radical (unpaired) electrons. The summed E-state index contributed by atoms with van der Waals surface area (Å²) in [4.78, 5) is 20.7. The molecule has 0 bridgehead atoms. The number of nitrogens with one attached hydrogen (secondary N) is 3. The lowest BCUT2D eigenvalue weighted by atomic mass is 10.1. The van der Waals surface area contributed by atoms with E-state index in [0.717, 1.165) is 16.6 Å². The Labute approximate surface area is 187 Å². The molecule has 1 unspecified atom stereocenters. The number of nitrogens with zero attached hydrogens (tertiary/aromatic N) is 1. The summed E-state index contributed by atoms with van der Waals surface area (Å²) in [7, 11) is -3.61. The first-order chi connectivity index (χ1) is 15.4. The predicted molar refractivity (Wildman–Crippen MR) is 126 cm³/mol. The minimum absolute atomic E-state index is 0.126. The predicted octanol–water partition coefficient (Wildman–Crippen LogP) is 4.56. The fourth-order valence-corrected chi connectivity index (χ4v) is 4.57. The van der Waals surface area contributed by atoms with Crippen LogP contribution in [0.3, 0.4) is 0 Å². The summed E-state index contributed by atoms with van der Waals surface area (Å²) in [6.07, 6.45) is 0.687. The zero-order chi connectivity index (χ0) is 22.7. The summed E-state index contributed by atoms with van der Waals surface area (Å²) in [5.74, 6) is 0.385. The molecule has 4 rings (SSSR count). The summed E-state index contributed by atoms with van der Waals surface area (Å²) in [6, 6.07) is 20.9. The molecule has 0 saturated heterocycles. The third-order valence-electron chi connectivity index (χ3n) is 5.18. The van der Waals surface area contributed by atoms with Crippen molar-refractivity contribution in [1.29, 1.82) is 0 Å². The number of aromatic amines is 1. The molecule has 0 aliphatic carbocycles. The second kappa shape index (κ2) is 8.94. The van der Waals surface area contributed by atoms with Gasteiger partial charge in [0.25, 0.3) is 5.91 Å². The maximum absolute atomic E-state index is 12.7. The molecule has 3 aromatic carbocycles. The van der Waals surface area contributed by atoms with Crippen LogP contribution in [0.4, 0.5) is 5.69 Å². The molecule has 1 aromatic heterocycles. The molecule has 1 heterocycles. The number of hydrogen-bond acceptors (Lipinski definition) is 4. The molecule has 0 saturated carbocycles. The van der Waals surface area contributed by atoms with Gasteiger partial charge in [-0.15, -0.1) is 0 Å². The number of rotatable bonds is 7. The Balaban J connectivity index is 1.50. The third-order valence-corrected chi connectivity index (χ3v) is 6.78. The van der Waals surface area contributed by atoms with Crippen molar-refractivity contribution in [2.45, 2.75) is 31.2 Å². The van der Waals surface area contributed by atoms with Crippen molar-refractivity contribution in [3.8, 4) is 11.4 Å². The molecule has 1 atom stereocenters. The van der Waals surface area contributed by atoms with Crippen LogP contribution in [0.25, 0.3) is 22.4 Å². The van der Waals surface area contributed by atoms with Crippen LogP contribution in [-0.4, -0.2) is 30.3 Å². The lowest BCUT2D eigenvalue weighted by Crippen LogP contribution is -2.32. The van der Waals surface area contributed by atoms with Crippen molar-refractivity contribution < 1.29 is 13.2 Å². The number of sulfonamides is 1. The van der Waals surface area contributed by atoms with Gasteiger partial charge in [0.2, 0.25) is 10.0 Å². The van der Waals surface area contributed by atoms with Crippen molar-refractivity contribution in [3.63, 3.8) is 0 Å². The van der Waals surface area contributed by atoms with E-state index in [2.05, 4.69) is 20.0 Å². The van der Waals surface area contributed by atoms with Crippen LogP contribution in [-0.2, 0) is 10.0 Å². The first-order valence-corrected chi connectivity index (χ1v) is 11.8. The van der Waals surface area contributed by atoms with Gasteiger partial charge in [-0.2, -0.15) is 0 Å². The molecule has 32 heavy (non-hydrogen) atoms. The number of carbonyl (C=O) groups excluding carboxylic acids is 1. The van der Waals surface area contributed by atoms with Gasteiger partial charge in [0.1, 0.15) is 5.82 Å². The van der Waals surface area contributed by atoms with Crippen molar-refractivity contribution >= 4 is 32.7 Å². The highest BCUT2D eigenvalue weighted by Crippen LogP contribution is 2.23. The second-order valence-corrected chi connectivity index (χ2v) is 9.31. The zero-order valence-electron chi connectivity index (χ0n) is 17.8. The highest BCUT2D eigenvalue weighted by atomic mass is 32.2. The number of carbonyl (C=O) groups is 1. The molecular weight excluding hydrogens is 424 g/mol. The molecule has 0 aliphatic rings. The Hall–Kier alpha value is -3.49. The van der Waals surface area contributed by atoms with E-state index < -0.39 is 10.0 Å². The Morgan fingerprint density at radius 1 is 1.03 bits per heavy atom. The Morgan fingerprint density at radius 3 is 2.50 bits per heavy atom. The van der Waals surface area contributed by atoms with Gasteiger partial charge in [0, 0.05) is 22.9 Å². The Bertz CT molecular complexity index is 1330. The number of hydrogen-bond donors (Lipinski definition) is 3. The molecule has 4 aromatic rings. The van der Waals surface area contributed by atoms with E-state index in [4.69, 9.17) is 0 Å². The van der Waals surface area contributed by atoms with E-state index in [1.807, 2.05) is 49.4 Å². The van der Waals surface area contributed by atoms with Crippen LogP contribution in [0.1, 0.15) is 30.6 Å². The van der Waals surface area contributed by atoms with E-state index in [1.54, 1.807) is 13.0 Å². The summed E-state index contributed by atoms with van der Waals surface area (Å²) in [5.41, 5.74) is 3.63. The van der Waals surface area contributed by atoms with Crippen molar-refractivity contribution in [2.24, 2.45) is 0 Å². The van der Waals surface area contributed by atoms with Gasteiger partial charge in [0.15, 0.2) is 0 Å². The maximum atomic E-state index is 12.7. The Morgan fingerprint density at radius 2 is 1.78 bits per heavy atom. The number of H-pyrrole nitrogens is 1. The van der Waals surface area contributed by atoms with Crippen molar-refractivity contribution in [3.05, 3.63) is 78.4 Å². The van der Waals surface area contributed by atoms with Gasteiger partial charge in [-0.05, 0) is 61.9 Å². The highest BCUT2D eigenvalue weighted by Gasteiger charge is 2.17. The number of amides is 1. The normalized spacial score (nSPS) is 12.6. The quantitative estimate of drug-likeness (QED) is 0.385. The average Bonchev–Trinajstić information content (AvgIpc) is 3.23.